The van der Waals surface area contributed by atoms with Crippen LogP contribution in [-0.4, -0.2) is 23.5 Å². The molecule has 1 aliphatic heterocycles. The minimum Gasteiger partial charge on any atom is -0.507 e. The average Bonchev–Trinajstić information content (AvgIpc) is 3.12. The van der Waals surface area contributed by atoms with Crippen molar-refractivity contribution in [3.63, 3.8) is 0 Å². The number of carbonyl (C=O) groups is 2. The molecule has 2 aromatic carbocycles. The van der Waals surface area contributed by atoms with E-state index < -0.39 is 11.8 Å². The summed E-state index contributed by atoms with van der Waals surface area (Å²) in [6.45, 7) is 0.420. The summed E-state index contributed by atoms with van der Waals surface area (Å²) < 4.78 is 0. The number of phenols is 1. The number of phenolic OH excluding ortho intramolecular Hbond substituents is 1. The number of nitrogens with one attached hydrogen (secondary N) is 4. The molecule has 1 aliphatic rings. The molecule has 2 unspecified atom stereocenters. The smallest absolute Gasteiger partial charge is 0.273 e. The van der Waals surface area contributed by atoms with Crippen LogP contribution in [0.1, 0.15) is 22.0 Å². The molecule has 25 heavy (non-hydrogen) atoms. The fraction of sp³-hybridized carbons (Fsp3) is 0.176. The van der Waals surface area contributed by atoms with Crippen molar-refractivity contribution in [3.8, 4) is 5.75 Å². The van der Waals surface area contributed by atoms with Crippen molar-refractivity contribution in [3.05, 3.63) is 64.7 Å². The SMILES string of the molecule is O=C(NNC(=O)C1CNNC1c1ccccc1)c1cc(Cl)ccc1O. The van der Waals surface area contributed by atoms with E-state index in [2.05, 4.69) is 21.7 Å². The molecular weight excluding hydrogens is 344 g/mol. The minimum atomic E-state index is -0.650. The first kappa shape index (κ1) is 17.2. The summed E-state index contributed by atoms with van der Waals surface area (Å²) in [5.74, 6) is -1.62. The molecule has 5 N–H and O–H groups in total. The number of hydrazine groups is 2. The van der Waals surface area contributed by atoms with E-state index in [0.717, 1.165) is 5.56 Å². The fourth-order valence-electron chi connectivity index (χ4n) is 2.69. The van der Waals surface area contributed by atoms with Gasteiger partial charge in [0.15, 0.2) is 0 Å². The number of carbonyl (C=O) groups excluding carboxylic acids is 2. The van der Waals surface area contributed by atoms with E-state index in [4.69, 9.17) is 11.6 Å². The quantitative estimate of drug-likeness (QED) is 0.530. The molecule has 2 atom stereocenters. The molecule has 2 amide bonds. The Morgan fingerprint density at radius 3 is 2.64 bits per heavy atom. The molecule has 0 radical (unpaired) electrons. The van der Waals surface area contributed by atoms with Crippen molar-refractivity contribution in [2.75, 3.05) is 6.54 Å². The molecular formula is C17H17ClN4O3. The van der Waals surface area contributed by atoms with Gasteiger partial charge in [0.05, 0.1) is 17.5 Å². The summed E-state index contributed by atoms with van der Waals surface area (Å²) >= 11 is 5.82. The molecule has 0 aliphatic carbocycles. The van der Waals surface area contributed by atoms with Crippen molar-refractivity contribution in [1.29, 1.82) is 0 Å². The molecule has 0 bridgehead atoms. The number of aromatic hydroxyl groups is 1. The van der Waals surface area contributed by atoms with Gasteiger partial charge in [-0.1, -0.05) is 41.9 Å². The number of hydrogen-bond acceptors (Lipinski definition) is 5. The third kappa shape index (κ3) is 3.90. The van der Waals surface area contributed by atoms with Crippen LogP contribution in [0.2, 0.25) is 5.02 Å². The summed E-state index contributed by atoms with van der Waals surface area (Å²) in [7, 11) is 0. The standard InChI is InChI=1S/C17H17ClN4O3/c18-11-6-7-14(23)12(8-11)16(24)21-22-17(25)13-9-19-20-15(13)10-4-2-1-3-5-10/h1-8,13,15,19-20,23H,9H2,(H,21,24)(H,22,25). The molecule has 2 aromatic rings. The van der Waals surface area contributed by atoms with Gasteiger partial charge in [-0.25, -0.2) is 5.43 Å². The highest BCUT2D eigenvalue weighted by Crippen LogP contribution is 2.25. The van der Waals surface area contributed by atoms with Crippen LogP contribution < -0.4 is 21.7 Å². The Balaban J connectivity index is 1.64. The first-order valence-corrected chi connectivity index (χ1v) is 8.06. The lowest BCUT2D eigenvalue weighted by Crippen LogP contribution is -2.46. The molecule has 130 valence electrons. The Bertz CT molecular complexity index is 785. The van der Waals surface area contributed by atoms with Gasteiger partial charge in [0.1, 0.15) is 5.75 Å². The average molecular weight is 361 g/mol. The summed E-state index contributed by atoms with van der Waals surface area (Å²) in [5.41, 5.74) is 11.7. The zero-order valence-electron chi connectivity index (χ0n) is 13.1. The van der Waals surface area contributed by atoms with Gasteiger partial charge in [0.2, 0.25) is 5.91 Å². The first-order valence-electron chi connectivity index (χ1n) is 7.68. The Labute approximate surface area is 149 Å². The molecule has 0 spiro atoms. The van der Waals surface area contributed by atoms with Gasteiger partial charge in [-0.2, -0.15) is 0 Å². The second-order valence-corrected chi connectivity index (χ2v) is 6.06. The van der Waals surface area contributed by atoms with E-state index >= 15 is 0 Å². The first-order chi connectivity index (χ1) is 12.1. The molecule has 0 saturated carbocycles. The van der Waals surface area contributed by atoms with Crippen molar-refractivity contribution >= 4 is 23.4 Å². The lowest BCUT2D eigenvalue weighted by molar-refractivity contribution is -0.125. The van der Waals surface area contributed by atoms with Gasteiger partial charge in [-0.3, -0.25) is 25.9 Å². The highest BCUT2D eigenvalue weighted by Gasteiger charge is 2.34. The van der Waals surface area contributed by atoms with Gasteiger partial charge in [0.25, 0.3) is 5.91 Å². The van der Waals surface area contributed by atoms with Crippen LogP contribution in [0.5, 0.6) is 5.75 Å². The zero-order chi connectivity index (χ0) is 17.8. The van der Waals surface area contributed by atoms with Crippen molar-refractivity contribution < 1.29 is 14.7 Å². The van der Waals surface area contributed by atoms with Crippen LogP contribution in [0.3, 0.4) is 0 Å². The number of rotatable bonds is 3. The van der Waals surface area contributed by atoms with E-state index in [1.54, 1.807) is 0 Å². The minimum absolute atomic E-state index is 0.0184. The number of halogens is 1. The van der Waals surface area contributed by atoms with E-state index in [9.17, 15) is 14.7 Å². The van der Waals surface area contributed by atoms with Crippen molar-refractivity contribution in [2.24, 2.45) is 5.92 Å². The number of hydrogen-bond donors (Lipinski definition) is 5. The second-order valence-electron chi connectivity index (χ2n) is 5.62. The molecule has 0 aromatic heterocycles. The van der Waals surface area contributed by atoms with Crippen LogP contribution >= 0.6 is 11.6 Å². The van der Waals surface area contributed by atoms with Gasteiger partial charge in [0, 0.05) is 11.6 Å². The third-order valence-corrected chi connectivity index (χ3v) is 4.21. The van der Waals surface area contributed by atoms with Crippen molar-refractivity contribution in [2.45, 2.75) is 6.04 Å². The van der Waals surface area contributed by atoms with Crippen LogP contribution in [0.25, 0.3) is 0 Å². The maximum atomic E-state index is 12.4. The highest BCUT2D eigenvalue weighted by atomic mass is 35.5. The van der Waals surface area contributed by atoms with Crippen molar-refractivity contribution in [1.82, 2.24) is 21.7 Å². The summed E-state index contributed by atoms with van der Waals surface area (Å²) in [5, 5.41) is 10.0. The molecule has 1 saturated heterocycles. The highest BCUT2D eigenvalue weighted by molar-refractivity contribution is 6.31. The molecule has 3 rings (SSSR count). The molecule has 1 fully saturated rings. The van der Waals surface area contributed by atoms with Crippen LogP contribution in [0.4, 0.5) is 0 Å². The Hall–Kier alpha value is -2.61. The summed E-state index contributed by atoms with van der Waals surface area (Å²) in [6, 6.07) is 13.4. The van der Waals surface area contributed by atoms with E-state index in [1.165, 1.54) is 18.2 Å². The van der Waals surface area contributed by atoms with E-state index in [0.29, 0.717) is 11.6 Å². The Morgan fingerprint density at radius 1 is 1.12 bits per heavy atom. The zero-order valence-corrected chi connectivity index (χ0v) is 13.9. The summed E-state index contributed by atoms with van der Waals surface area (Å²) in [6.07, 6.45) is 0. The molecule has 1 heterocycles. The Morgan fingerprint density at radius 2 is 1.88 bits per heavy atom. The van der Waals surface area contributed by atoms with Gasteiger partial charge in [-0.05, 0) is 23.8 Å². The van der Waals surface area contributed by atoms with Crippen LogP contribution in [0, 0.1) is 5.92 Å². The van der Waals surface area contributed by atoms with E-state index in [-0.39, 0.29) is 23.3 Å². The molecule has 8 heteroatoms. The lowest BCUT2D eigenvalue weighted by Gasteiger charge is -2.18. The monoisotopic (exact) mass is 360 g/mol. The largest absolute Gasteiger partial charge is 0.507 e. The van der Waals surface area contributed by atoms with E-state index in [1.807, 2.05) is 30.3 Å². The predicted octanol–water partition coefficient (Wildman–Crippen LogP) is 1.27. The number of amides is 2. The molecule has 7 nitrogen and oxygen atoms in total. The predicted molar refractivity (Wildman–Crippen MR) is 92.5 cm³/mol. The topological polar surface area (TPSA) is 102 Å². The van der Waals surface area contributed by atoms with Gasteiger partial charge < -0.3 is 5.11 Å². The normalized spacial score (nSPS) is 19.4. The van der Waals surface area contributed by atoms with Crippen LogP contribution in [-0.2, 0) is 4.79 Å². The summed E-state index contributed by atoms with van der Waals surface area (Å²) in [4.78, 5) is 24.5. The van der Waals surface area contributed by atoms with Gasteiger partial charge >= 0.3 is 0 Å². The lowest BCUT2D eigenvalue weighted by atomic mass is 9.94. The maximum absolute atomic E-state index is 12.4. The second kappa shape index (κ2) is 7.52. The fourth-order valence-corrected chi connectivity index (χ4v) is 2.86. The van der Waals surface area contributed by atoms with Crippen LogP contribution in [0.15, 0.2) is 48.5 Å². The van der Waals surface area contributed by atoms with Gasteiger partial charge in [-0.15, -0.1) is 0 Å². The number of benzene rings is 2. The Kier molecular flexibility index (Phi) is 5.18. The third-order valence-electron chi connectivity index (χ3n) is 3.98. The maximum Gasteiger partial charge on any atom is 0.273 e.